The van der Waals surface area contributed by atoms with Gasteiger partial charge in [0.25, 0.3) is 5.56 Å². The van der Waals surface area contributed by atoms with Crippen LogP contribution in [0.1, 0.15) is 23.6 Å². The minimum absolute atomic E-state index is 0.00672. The molecule has 3 aromatic rings. The highest BCUT2D eigenvalue weighted by Gasteiger charge is 2.22. The molecule has 0 atom stereocenters. The second-order valence-electron chi connectivity index (χ2n) is 6.20. The van der Waals surface area contributed by atoms with Crippen molar-refractivity contribution in [3.05, 3.63) is 74.0 Å². The maximum absolute atomic E-state index is 12.2. The molecule has 0 aliphatic rings. The number of halogens is 1. The molecule has 30 heavy (non-hydrogen) atoms. The first kappa shape index (κ1) is 21.0. The molecule has 1 aromatic heterocycles. The fourth-order valence-corrected chi connectivity index (χ4v) is 3.48. The van der Waals surface area contributed by atoms with Crippen LogP contribution in [0.4, 0.5) is 5.82 Å². The fraction of sp³-hybridized carbons (Fsp3) is 0.136. The van der Waals surface area contributed by atoms with Gasteiger partial charge < -0.3 is 20.2 Å². The number of hydrogen-bond donors (Lipinski definition) is 2. The van der Waals surface area contributed by atoms with Gasteiger partial charge in [0.2, 0.25) is 0 Å². The molecule has 2 aromatic carbocycles. The van der Waals surface area contributed by atoms with Crippen molar-refractivity contribution < 1.29 is 9.47 Å². The molecule has 7 nitrogen and oxygen atoms in total. The number of benzene rings is 2. The molecule has 0 fully saturated rings. The van der Waals surface area contributed by atoms with Crippen LogP contribution in [0, 0.1) is 22.7 Å². The van der Waals surface area contributed by atoms with Crippen molar-refractivity contribution >= 4 is 21.7 Å². The highest BCUT2D eigenvalue weighted by Crippen LogP contribution is 2.41. The molecule has 0 saturated carbocycles. The zero-order valence-corrected chi connectivity index (χ0v) is 17.6. The predicted molar refractivity (Wildman–Crippen MR) is 116 cm³/mol. The van der Waals surface area contributed by atoms with Crippen molar-refractivity contribution in [3.8, 4) is 34.8 Å². The van der Waals surface area contributed by atoms with Crippen molar-refractivity contribution in [2.75, 3.05) is 12.3 Å². The van der Waals surface area contributed by atoms with E-state index in [4.69, 9.17) is 15.2 Å². The monoisotopic (exact) mass is 464 g/mol. The number of nitrogens with two attached hydrogens (primary N) is 1. The molecule has 150 valence electrons. The molecule has 0 radical (unpaired) electrons. The average molecular weight is 465 g/mol. The minimum Gasteiger partial charge on any atom is -0.490 e. The van der Waals surface area contributed by atoms with Crippen LogP contribution >= 0.6 is 15.9 Å². The molecule has 0 aliphatic heterocycles. The molecule has 3 rings (SSSR count). The van der Waals surface area contributed by atoms with Crippen LogP contribution in [0.5, 0.6) is 11.5 Å². The Kier molecular flexibility index (Phi) is 6.41. The lowest BCUT2D eigenvalue weighted by atomic mass is 9.96. The van der Waals surface area contributed by atoms with E-state index in [1.807, 2.05) is 49.4 Å². The normalized spacial score (nSPS) is 10.1. The van der Waals surface area contributed by atoms with Gasteiger partial charge in [0.1, 0.15) is 35.7 Å². The van der Waals surface area contributed by atoms with E-state index < -0.39 is 5.56 Å². The lowest BCUT2D eigenvalue weighted by Crippen LogP contribution is -2.16. The summed E-state index contributed by atoms with van der Waals surface area (Å²) in [5.41, 5.74) is 6.51. The number of nitrogens with zero attached hydrogens (tertiary/aromatic N) is 2. The van der Waals surface area contributed by atoms with E-state index in [1.54, 1.807) is 12.1 Å². The van der Waals surface area contributed by atoms with Crippen molar-refractivity contribution in [2.45, 2.75) is 13.5 Å². The maximum atomic E-state index is 12.2. The number of pyridine rings is 1. The van der Waals surface area contributed by atoms with Crippen LogP contribution in [0.15, 0.2) is 51.7 Å². The Morgan fingerprint density at radius 2 is 1.73 bits per heavy atom. The number of ether oxygens (including phenoxy) is 2. The Labute approximate surface area is 181 Å². The molecule has 3 N–H and O–H groups in total. The average Bonchev–Trinajstić information content (AvgIpc) is 2.74. The van der Waals surface area contributed by atoms with Crippen LogP contribution in [0.25, 0.3) is 11.1 Å². The standard InChI is InChI=1S/C22H17BrN4O3/c1-2-29-18-8-14(20-15(10-24)21(26)27-22(28)16(20)11-25)17(23)9-19(18)30-12-13-6-4-3-5-7-13/h3-9H,2,12H2,1H3,(H3,26,27,28). The third-order valence-corrected chi connectivity index (χ3v) is 4.96. The number of nitrogen functional groups attached to an aromatic ring is 1. The topological polar surface area (TPSA) is 125 Å². The van der Waals surface area contributed by atoms with Crippen molar-refractivity contribution in [1.29, 1.82) is 10.5 Å². The zero-order chi connectivity index (χ0) is 21.7. The van der Waals surface area contributed by atoms with Gasteiger partial charge in [-0.05, 0) is 24.6 Å². The van der Waals surface area contributed by atoms with Crippen LogP contribution in [-0.4, -0.2) is 11.6 Å². The molecular weight excluding hydrogens is 448 g/mol. The number of aromatic amines is 1. The van der Waals surface area contributed by atoms with E-state index in [0.29, 0.717) is 34.7 Å². The molecule has 0 spiro atoms. The Morgan fingerprint density at radius 3 is 2.37 bits per heavy atom. The lowest BCUT2D eigenvalue weighted by molar-refractivity contribution is 0.269. The van der Waals surface area contributed by atoms with Gasteiger partial charge in [-0.1, -0.05) is 46.3 Å². The van der Waals surface area contributed by atoms with E-state index >= 15 is 0 Å². The van der Waals surface area contributed by atoms with Gasteiger partial charge in [-0.15, -0.1) is 0 Å². The summed E-state index contributed by atoms with van der Waals surface area (Å²) in [5, 5.41) is 19.1. The Bertz CT molecular complexity index is 1220. The molecule has 8 heteroatoms. The summed E-state index contributed by atoms with van der Waals surface area (Å²) in [6.07, 6.45) is 0. The Hall–Kier alpha value is -3.75. The summed E-state index contributed by atoms with van der Waals surface area (Å²) >= 11 is 3.46. The highest BCUT2D eigenvalue weighted by atomic mass is 79.9. The first-order chi connectivity index (χ1) is 14.5. The SMILES string of the molecule is CCOc1cc(-c2c(C#N)c(N)[nH]c(=O)c2C#N)c(Br)cc1OCc1ccccc1. The van der Waals surface area contributed by atoms with E-state index in [2.05, 4.69) is 20.9 Å². The van der Waals surface area contributed by atoms with E-state index in [1.165, 1.54) is 0 Å². The van der Waals surface area contributed by atoms with E-state index in [9.17, 15) is 15.3 Å². The zero-order valence-electron chi connectivity index (χ0n) is 16.0. The molecular formula is C22H17BrN4O3. The Morgan fingerprint density at radius 1 is 1.07 bits per heavy atom. The number of H-pyrrole nitrogens is 1. The highest BCUT2D eigenvalue weighted by molar-refractivity contribution is 9.10. The quantitative estimate of drug-likeness (QED) is 0.565. The number of rotatable bonds is 6. The first-order valence-corrected chi connectivity index (χ1v) is 9.78. The predicted octanol–water partition coefficient (Wildman–Crippen LogP) is 4.11. The summed E-state index contributed by atoms with van der Waals surface area (Å²) in [5.74, 6) is 0.787. The molecule has 0 aliphatic carbocycles. The molecule has 0 amide bonds. The van der Waals surface area contributed by atoms with Crippen LogP contribution in [0.2, 0.25) is 0 Å². The summed E-state index contributed by atoms with van der Waals surface area (Å²) in [6, 6.07) is 16.8. The number of anilines is 1. The molecule has 0 unspecified atom stereocenters. The number of nitrogens with one attached hydrogen (secondary N) is 1. The maximum Gasteiger partial charge on any atom is 0.268 e. The van der Waals surface area contributed by atoms with Crippen molar-refractivity contribution in [3.63, 3.8) is 0 Å². The molecule has 0 bridgehead atoms. The van der Waals surface area contributed by atoms with E-state index in [0.717, 1.165) is 5.56 Å². The smallest absolute Gasteiger partial charge is 0.268 e. The van der Waals surface area contributed by atoms with Gasteiger partial charge >= 0.3 is 0 Å². The largest absolute Gasteiger partial charge is 0.490 e. The number of nitriles is 2. The lowest BCUT2D eigenvalue weighted by Gasteiger charge is -2.16. The summed E-state index contributed by atoms with van der Waals surface area (Å²) in [6.45, 7) is 2.53. The van der Waals surface area contributed by atoms with Gasteiger partial charge in [0.15, 0.2) is 11.5 Å². The van der Waals surface area contributed by atoms with Gasteiger partial charge in [-0.25, -0.2) is 0 Å². The first-order valence-electron chi connectivity index (χ1n) is 8.99. The van der Waals surface area contributed by atoms with Gasteiger partial charge in [0, 0.05) is 15.6 Å². The summed E-state index contributed by atoms with van der Waals surface area (Å²) < 4.78 is 12.2. The van der Waals surface area contributed by atoms with Crippen molar-refractivity contribution in [2.24, 2.45) is 0 Å². The van der Waals surface area contributed by atoms with Crippen LogP contribution in [0.3, 0.4) is 0 Å². The van der Waals surface area contributed by atoms with Crippen LogP contribution in [-0.2, 0) is 6.61 Å². The second kappa shape index (κ2) is 9.17. The number of hydrogen-bond acceptors (Lipinski definition) is 6. The van der Waals surface area contributed by atoms with Gasteiger partial charge in [-0.3, -0.25) is 4.79 Å². The minimum atomic E-state index is -0.668. The second-order valence-corrected chi connectivity index (χ2v) is 7.06. The fourth-order valence-electron chi connectivity index (χ4n) is 2.96. The van der Waals surface area contributed by atoms with Crippen molar-refractivity contribution in [1.82, 2.24) is 4.98 Å². The van der Waals surface area contributed by atoms with E-state index in [-0.39, 0.29) is 22.5 Å². The summed E-state index contributed by atoms with van der Waals surface area (Å²) in [7, 11) is 0. The van der Waals surface area contributed by atoms with Crippen LogP contribution < -0.4 is 20.8 Å². The summed E-state index contributed by atoms with van der Waals surface area (Å²) in [4.78, 5) is 14.6. The Balaban J connectivity index is 2.15. The third-order valence-electron chi connectivity index (χ3n) is 4.31. The molecule has 1 heterocycles. The van der Waals surface area contributed by atoms with Gasteiger partial charge in [0.05, 0.1) is 6.61 Å². The number of aromatic nitrogens is 1. The molecule has 0 saturated heterocycles. The van der Waals surface area contributed by atoms with Gasteiger partial charge in [-0.2, -0.15) is 10.5 Å². The third kappa shape index (κ3) is 4.14.